The fourth-order valence-electron chi connectivity index (χ4n) is 1.97. The van der Waals surface area contributed by atoms with E-state index in [1.54, 1.807) is 6.20 Å². The molecule has 2 heterocycles. The second-order valence-corrected chi connectivity index (χ2v) is 4.72. The van der Waals surface area contributed by atoms with Crippen LogP contribution in [0.25, 0.3) is 0 Å². The van der Waals surface area contributed by atoms with Gasteiger partial charge in [0.2, 0.25) is 0 Å². The van der Waals surface area contributed by atoms with E-state index in [0.717, 1.165) is 37.4 Å². The summed E-state index contributed by atoms with van der Waals surface area (Å²) in [5.41, 5.74) is 6.46. The molecule has 0 spiro atoms. The van der Waals surface area contributed by atoms with Gasteiger partial charge in [-0.1, -0.05) is 12.2 Å². The number of likely N-dealkylation sites (N-methyl/N-ethyl adjacent to an activating group) is 1. The number of nitrogens with zero attached hydrogens (tertiary/aromatic N) is 2. The van der Waals surface area contributed by atoms with Crippen LogP contribution in [0.15, 0.2) is 18.3 Å². The molecule has 1 aliphatic heterocycles. The quantitative estimate of drug-likeness (QED) is 0.818. The van der Waals surface area contributed by atoms with Gasteiger partial charge in [-0.3, -0.25) is 0 Å². The molecule has 0 aromatic carbocycles. The Balaban J connectivity index is 2.04. The van der Waals surface area contributed by atoms with Gasteiger partial charge in [0.05, 0.1) is 6.10 Å². The largest absolute Gasteiger partial charge is 0.389 e. The van der Waals surface area contributed by atoms with Crippen molar-refractivity contribution in [2.24, 2.45) is 5.73 Å². The molecule has 17 heavy (non-hydrogen) atoms. The van der Waals surface area contributed by atoms with Gasteiger partial charge in [0.25, 0.3) is 0 Å². The van der Waals surface area contributed by atoms with Gasteiger partial charge < -0.3 is 15.4 Å². The Morgan fingerprint density at radius 2 is 2.53 bits per heavy atom. The lowest BCUT2D eigenvalue weighted by molar-refractivity contribution is 0.116. The molecule has 4 nitrogen and oxygen atoms in total. The van der Waals surface area contributed by atoms with Crippen molar-refractivity contribution in [1.29, 1.82) is 0 Å². The topological polar surface area (TPSA) is 51.4 Å². The normalized spacial score (nSPS) is 19.2. The third-order valence-electron chi connectivity index (χ3n) is 2.92. The van der Waals surface area contributed by atoms with E-state index in [-0.39, 0.29) is 0 Å². The van der Waals surface area contributed by atoms with E-state index in [9.17, 15) is 0 Å². The maximum Gasteiger partial charge on any atom is 0.128 e. The van der Waals surface area contributed by atoms with Crippen LogP contribution in [0.5, 0.6) is 0 Å². The average molecular weight is 251 g/mol. The summed E-state index contributed by atoms with van der Waals surface area (Å²) in [5.74, 6) is 0.880. The zero-order valence-corrected chi connectivity index (χ0v) is 10.7. The van der Waals surface area contributed by atoms with Crippen LogP contribution in [-0.2, 0) is 4.74 Å². The number of pyridine rings is 1. The molecule has 1 fully saturated rings. The zero-order chi connectivity index (χ0) is 12.3. The van der Waals surface area contributed by atoms with Gasteiger partial charge in [0, 0.05) is 32.0 Å². The predicted octanol–water partition coefficient (Wildman–Crippen LogP) is 1.33. The first-order chi connectivity index (χ1) is 8.16. The summed E-state index contributed by atoms with van der Waals surface area (Å²) in [7, 11) is 2.01. The number of thiocarbonyl (C=S) groups is 1. The van der Waals surface area contributed by atoms with Crippen LogP contribution in [-0.4, -0.2) is 36.3 Å². The lowest BCUT2D eigenvalue weighted by Gasteiger charge is -2.22. The molecule has 0 saturated carbocycles. The summed E-state index contributed by atoms with van der Waals surface area (Å²) in [5, 5.41) is 0. The van der Waals surface area contributed by atoms with Gasteiger partial charge >= 0.3 is 0 Å². The predicted molar refractivity (Wildman–Crippen MR) is 72.4 cm³/mol. The van der Waals surface area contributed by atoms with Gasteiger partial charge in [0.15, 0.2) is 0 Å². The third kappa shape index (κ3) is 3.14. The molecule has 92 valence electrons. The Kier molecular flexibility index (Phi) is 3.91. The van der Waals surface area contributed by atoms with E-state index >= 15 is 0 Å². The Bertz CT molecular complexity index is 404. The smallest absolute Gasteiger partial charge is 0.128 e. The Labute approximate surface area is 107 Å². The number of rotatable bonds is 4. The summed E-state index contributed by atoms with van der Waals surface area (Å²) in [6.07, 6.45) is 4.32. The van der Waals surface area contributed by atoms with E-state index in [0.29, 0.717) is 11.1 Å². The molecule has 0 bridgehead atoms. The highest BCUT2D eigenvalue weighted by Crippen LogP contribution is 2.17. The molecule has 1 aliphatic rings. The molecule has 1 aromatic heterocycles. The second kappa shape index (κ2) is 5.42. The molecule has 0 radical (unpaired) electrons. The second-order valence-electron chi connectivity index (χ2n) is 4.28. The Morgan fingerprint density at radius 1 is 1.71 bits per heavy atom. The summed E-state index contributed by atoms with van der Waals surface area (Å²) in [6.45, 7) is 1.73. The minimum Gasteiger partial charge on any atom is -0.389 e. The van der Waals surface area contributed by atoms with E-state index < -0.39 is 0 Å². The van der Waals surface area contributed by atoms with Crippen molar-refractivity contribution in [2.45, 2.75) is 18.9 Å². The fourth-order valence-corrected chi connectivity index (χ4v) is 2.09. The average Bonchev–Trinajstić information content (AvgIpc) is 2.82. The van der Waals surface area contributed by atoms with E-state index in [1.165, 1.54) is 0 Å². The summed E-state index contributed by atoms with van der Waals surface area (Å²) < 4.78 is 5.60. The molecular weight excluding hydrogens is 234 g/mol. The minimum atomic E-state index is 0.315. The molecule has 1 aromatic rings. The number of aromatic nitrogens is 1. The highest BCUT2D eigenvalue weighted by molar-refractivity contribution is 7.80. The van der Waals surface area contributed by atoms with Crippen LogP contribution in [0.2, 0.25) is 0 Å². The van der Waals surface area contributed by atoms with E-state index in [4.69, 9.17) is 22.7 Å². The summed E-state index contributed by atoms with van der Waals surface area (Å²) >= 11 is 4.96. The van der Waals surface area contributed by atoms with Gasteiger partial charge in [-0.05, 0) is 25.0 Å². The first kappa shape index (κ1) is 12.3. The molecule has 0 amide bonds. The lowest BCUT2D eigenvalue weighted by atomic mass is 10.2. The molecule has 1 saturated heterocycles. The van der Waals surface area contributed by atoms with E-state index in [1.807, 2.05) is 19.2 Å². The minimum absolute atomic E-state index is 0.315. The molecule has 1 unspecified atom stereocenters. The zero-order valence-electron chi connectivity index (χ0n) is 9.93. The summed E-state index contributed by atoms with van der Waals surface area (Å²) in [6, 6.07) is 3.74. The number of anilines is 1. The lowest BCUT2D eigenvalue weighted by Crippen LogP contribution is -2.29. The molecule has 0 aliphatic carbocycles. The maximum atomic E-state index is 5.61. The SMILES string of the molecule is CN(CC1CCCO1)c1cc(C(N)=S)ccn1. The van der Waals surface area contributed by atoms with Crippen LogP contribution in [0.1, 0.15) is 18.4 Å². The van der Waals surface area contributed by atoms with Crippen molar-refractivity contribution in [3.05, 3.63) is 23.9 Å². The van der Waals surface area contributed by atoms with Gasteiger partial charge in [-0.15, -0.1) is 0 Å². The highest BCUT2D eigenvalue weighted by Gasteiger charge is 2.18. The molecule has 5 heteroatoms. The number of ether oxygens (including phenoxy) is 1. The maximum absolute atomic E-state index is 5.61. The number of nitrogens with two attached hydrogens (primary N) is 1. The number of hydrogen-bond donors (Lipinski definition) is 1. The van der Waals surface area contributed by atoms with E-state index in [2.05, 4.69) is 9.88 Å². The highest BCUT2D eigenvalue weighted by atomic mass is 32.1. The van der Waals surface area contributed by atoms with Crippen LogP contribution in [0.3, 0.4) is 0 Å². The molecule has 1 atom stereocenters. The van der Waals surface area contributed by atoms with Crippen LogP contribution >= 0.6 is 12.2 Å². The first-order valence-corrected chi connectivity index (χ1v) is 6.16. The van der Waals surface area contributed by atoms with Crippen LogP contribution in [0, 0.1) is 0 Å². The van der Waals surface area contributed by atoms with Crippen molar-refractivity contribution in [1.82, 2.24) is 4.98 Å². The standard InChI is InChI=1S/C12H17N3OS/c1-15(8-10-3-2-6-16-10)11-7-9(12(13)17)4-5-14-11/h4-5,7,10H,2-3,6,8H2,1H3,(H2,13,17). The third-order valence-corrected chi connectivity index (χ3v) is 3.16. The Hall–Kier alpha value is -1.20. The first-order valence-electron chi connectivity index (χ1n) is 5.75. The van der Waals surface area contributed by atoms with Gasteiger partial charge in [-0.25, -0.2) is 4.98 Å². The number of hydrogen-bond acceptors (Lipinski definition) is 4. The van der Waals surface area contributed by atoms with Crippen LogP contribution in [0.4, 0.5) is 5.82 Å². The van der Waals surface area contributed by atoms with Gasteiger partial charge in [-0.2, -0.15) is 0 Å². The van der Waals surface area contributed by atoms with Crippen molar-refractivity contribution in [3.63, 3.8) is 0 Å². The van der Waals surface area contributed by atoms with Gasteiger partial charge in [0.1, 0.15) is 10.8 Å². The van der Waals surface area contributed by atoms with Crippen molar-refractivity contribution in [2.75, 3.05) is 25.1 Å². The molecule has 2 N–H and O–H groups in total. The molecular formula is C12H17N3OS. The Morgan fingerprint density at radius 3 is 3.18 bits per heavy atom. The fraction of sp³-hybridized carbons (Fsp3) is 0.500. The summed E-state index contributed by atoms with van der Waals surface area (Å²) in [4.78, 5) is 6.80. The van der Waals surface area contributed by atoms with Crippen LogP contribution < -0.4 is 10.6 Å². The monoisotopic (exact) mass is 251 g/mol. The van der Waals surface area contributed by atoms with Crippen molar-refractivity contribution < 1.29 is 4.74 Å². The van der Waals surface area contributed by atoms with Crippen molar-refractivity contribution in [3.8, 4) is 0 Å². The van der Waals surface area contributed by atoms with Crippen molar-refractivity contribution >= 4 is 23.0 Å². The molecule has 2 rings (SSSR count).